The minimum absolute atomic E-state index is 0.106. The molecule has 1 N–H and O–H groups in total. The van der Waals surface area contributed by atoms with Crippen LogP contribution in [0.1, 0.15) is 18.7 Å². The summed E-state index contributed by atoms with van der Waals surface area (Å²) in [6.07, 6.45) is 4.20. The van der Waals surface area contributed by atoms with E-state index in [1.54, 1.807) is 18.5 Å². The van der Waals surface area contributed by atoms with E-state index in [0.29, 0.717) is 30.3 Å². The summed E-state index contributed by atoms with van der Waals surface area (Å²) in [7, 11) is 0. The second-order valence-corrected chi connectivity index (χ2v) is 3.76. The van der Waals surface area contributed by atoms with Crippen molar-refractivity contribution in [1.82, 2.24) is 20.6 Å². The normalized spacial score (nSPS) is 15.1. The summed E-state index contributed by atoms with van der Waals surface area (Å²) in [6, 6.07) is 3.63. The van der Waals surface area contributed by atoms with Crippen LogP contribution in [0.3, 0.4) is 0 Å². The molecule has 0 aromatic carbocycles. The number of hydrogen-bond donors (Lipinski definition) is 1. The van der Waals surface area contributed by atoms with Gasteiger partial charge in [0.1, 0.15) is 5.71 Å². The van der Waals surface area contributed by atoms with E-state index in [0.717, 1.165) is 5.56 Å². The van der Waals surface area contributed by atoms with Crippen molar-refractivity contribution in [3.8, 4) is 11.4 Å². The molecule has 0 aliphatic carbocycles. The number of hydrazone groups is 1. The highest BCUT2D eigenvalue weighted by Crippen LogP contribution is 2.15. The molecule has 2 aromatic heterocycles. The number of carbonyl (C=O) groups is 1. The molecule has 2 aromatic rings. The number of rotatable bonds is 2. The average molecular weight is 243 g/mol. The largest absolute Gasteiger partial charge is 0.332 e. The fraction of sp³-hybridized carbons (Fsp3) is 0.182. The summed E-state index contributed by atoms with van der Waals surface area (Å²) in [5, 5.41) is 7.75. The molecule has 90 valence electrons. The molecule has 0 fully saturated rings. The van der Waals surface area contributed by atoms with Crippen molar-refractivity contribution in [3.05, 3.63) is 30.4 Å². The van der Waals surface area contributed by atoms with Crippen LogP contribution in [0.25, 0.3) is 11.4 Å². The summed E-state index contributed by atoms with van der Waals surface area (Å²) in [6.45, 7) is 0. The Morgan fingerprint density at radius 2 is 2.28 bits per heavy atom. The molecule has 1 amide bonds. The standard InChI is InChI=1S/C11H9N5O2/c17-9-4-3-8(14-15-9)11-13-10(16-18-11)7-2-1-5-12-6-7/h1-2,5-6H,3-4H2,(H,15,17). The Hall–Kier alpha value is -2.57. The molecule has 1 aliphatic heterocycles. The van der Waals surface area contributed by atoms with Crippen LogP contribution in [0.5, 0.6) is 0 Å². The molecule has 18 heavy (non-hydrogen) atoms. The van der Waals surface area contributed by atoms with Crippen LogP contribution < -0.4 is 5.43 Å². The second-order valence-electron chi connectivity index (χ2n) is 3.76. The van der Waals surface area contributed by atoms with Crippen molar-refractivity contribution in [3.63, 3.8) is 0 Å². The SMILES string of the molecule is O=C1CCC(c2nc(-c3cccnc3)no2)=NN1. The third kappa shape index (κ3) is 1.97. The number of nitrogens with zero attached hydrogens (tertiary/aromatic N) is 4. The first-order valence-electron chi connectivity index (χ1n) is 5.43. The lowest BCUT2D eigenvalue weighted by molar-refractivity contribution is -0.121. The first-order chi connectivity index (χ1) is 8.83. The van der Waals surface area contributed by atoms with Crippen molar-refractivity contribution >= 4 is 11.6 Å². The van der Waals surface area contributed by atoms with Gasteiger partial charge >= 0.3 is 0 Å². The minimum Gasteiger partial charge on any atom is -0.332 e. The monoisotopic (exact) mass is 243 g/mol. The van der Waals surface area contributed by atoms with E-state index in [2.05, 4.69) is 25.7 Å². The molecule has 0 unspecified atom stereocenters. The number of aromatic nitrogens is 3. The molecule has 3 rings (SSSR count). The molecule has 0 saturated heterocycles. The maximum atomic E-state index is 11.0. The topological polar surface area (TPSA) is 93.3 Å². The number of hydrogen-bond acceptors (Lipinski definition) is 6. The molecule has 7 nitrogen and oxygen atoms in total. The molecule has 0 radical (unpaired) electrons. The van der Waals surface area contributed by atoms with Crippen LogP contribution in [0.4, 0.5) is 0 Å². The third-order valence-electron chi connectivity index (χ3n) is 2.50. The van der Waals surface area contributed by atoms with Gasteiger partial charge in [-0.25, -0.2) is 5.43 Å². The van der Waals surface area contributed by atoms with E-state index in [1.807, 2.05) is 6.07 Å². The van der Waals surface area contributed by atoms with Crippen LogP contribution in [-0.2, 0) is 4.79 Å². The van der Waals surface area contributed by atoms with Gasteiger partial charge in [0.2, 0.25) is 11.7 Å². The Kier molecular flexibility index (Phi) is 2.56. The van der Waals surface area contributed by atoms with E-state index in [4.69, 9.17) is 4.52 Å². The van der Waals surface area contributed by atoms with Gasteiger partial charge in [0.15, 0.2) is 0 Å². The van der Waals surface area contributed by atoms with E-state index < -0.39 is 0 Å². The lowest BCUT2D eigenvalue weighted by Crippen LogP contribution is -2.26. The van der Waals surface area contributed by atoms with Gasteiger partial charge in [-0.05, 0) is 12.1 Å². The van der Waals surface area contributed by atoms with Gasteiger partial charge in [-0.15, -0.1) is 0 Å². The lowest BCUT2D eigenvalue weighted by atomic mass is 10.2. The third-order valence-corrected chi connectivity index (χ3v) is 2.50. The zero-order valence-corrected chi connectivity index (χ0v) is 9.33. The molecular weight excluding hydrogens is 234 g/mol. The Morgan fingerprint density at radius 1 is 1.33 bits per heavy atom. The maximum absolute atomic E-state index is 11.0. The molecule has 1 aliphatic rings. The minimum atomic E-state index is -0.106. The Balaban J connectivity index is 1.88. The van der Waals surface area contributed by atoms with Crippen LogP contribution in [0.15, 0.2) is 34.2 Å². The Morgan fingerprint density at radius 3 is 3.00 bits per heavy atom. The van der Waals surface area contributed by atoms with Crippen molar-refractivity contribution in [1.29, 1.82) is 0 Å². The zero-order chi connectivity index (χ0) is 12.4. The van der Waals surface area contributed by atoms with E-state index >= 15 is 0 Å². The Labute approximate surface area is 102 Å². The highest BCUT2D eigenvalue weighted by atomic mass is 16.5. The van der Waals surface area contributed by atoms with Gasteiger partial charge < -0.3 is 4.52 Å². The van der Waals surface area contributed by atoms with Crippen molar-refractivity contribution in [2.45, 2.75) is 12.8 Å². The summed E-state index contributed by atoms with van der Waals surface area (Å²) in [5.74, 6) is 0.678. The van der Waals surface area contributed by atoms with Gasteiger partial charge in [0.05, 0.1) is 0 Å². The molecule has 0 spiro atoms. The number of amides is 1. The van der Waals surface area contributed by atoms with Crippen molar-refractivity contribution in [2.75, 3.05) is 0 Å². The van der Waals surface area contributed by atoms with Crippen molar-refractivity contribution < 1.29 is 9.32 Å². The van der Waals surface area contributed by atoms with Crippen molar-refractivity contribution in [2.24, 2.45) is 5.10 Å². The number of nitrogens with one attached hydrogen (secondary N) is 1. The Bertz CT molecular complexity index is 605. The molecule has 7 heteroatoms. The van der Waals surface area contributed by atoms with Crippen LogP contribution in [-0.4, -0.2) is 26.7 Å². The first-order valence-corrected chi connectivity index (χ1v) is 5.43. The smallest absolute Gasteiger partial charge is 0.274 e. The number of pyridine rings is 1. The summed E-state index contributed by atoms with van der Waals surface area (Å²) in [4.78, 5) is 19.2. The summed E-state index contributed by atoms with van der Waals surface area (Å²) >= 11 is 0. The molecule has 0 bridgehead atoms. The van der Waals surface area contributed by atoms with E-state index in [1.165, 1.54) is 0 Å². The highest BCUT2D eigenvalue weighted by molar-refractivity contribution is 6.01. The van der Waals surface area contributed by atoms with Crippen LogP contribution >= 0.6 is 0 Å². The fourth-order valence-corrected chi connectivity index (χ4v) is 1.58. The zero-order valence-electron chi connectivity index (χ0n) is 9.33. The van der Waals surface area contributed by atoms with Gasteiger partial charge in [0.25, 0.3) is 5.89 Å². The van der Waals surface area contributed by atoms with Gasteiger partial charge in [-0.2, -0.15) is 10.1 Å². The van der Waals surface area contributed by atoms with Gasteiger partial charge in [0, 0.05) is 30.8 Å². The van der Waals surface area contributed by atoms with Crippen LogP contribution in [0, 0.1) is 0 Å². The summed E-state index contributed by atoms with van der Waals surface area (Å²) < 4.78 is 5.12. The van der Waals surface area contributed by atoms with E-state index in [-0.39, 0.29) is 5.91 Å². The molecule has 3 heterocycles. The predicted octanol–water partition coefficient (Wildman–Crippen LogP) is 0.746. The predicted molar refractivity (Wildman–Crippen MR) is 61.4 cm³/mol. The maximum Gasteiger partial charge on any atom is 0.274 e. The molecular formula is C11H9N5O2. The first kappa shape index (κ1) is 10.6. The van der Waals surface area contributed by atoms with Gasteiger partial charge in [-0.1, -0.05) is 5.16 Å². The van der Waals surface area contributed by atoms with Gasteiger partial charge in [-0.3, -0.25) is 9.78 Å². The van der Waals surface area contributed by atoms with E-state index in [9.17, 15) is 4.79 Å². The molecule has 0 saturated carbocycles. The fourth-order valence-electron chi connectivity index (χ4n) is 1.58. The second kappa shape index (κ2) is 4.36. The lowest BCUT2D eigenvalue weighted by Gasteiger charge is -2.07. The number of carbonyl (C=O) groups excluding carboxylic acids is 1. The quantitative estimate of drug-likeness (QED) is 0.839. The summed E-state index contributed by atoms with van der Waals surface area (Å²) in [5.41, 5.74) is 3.75. The average Bonchev–Trinajstić information content (AvgIpc) is 2.90. The highest BCUT2D eigenvalue weighted by Gasteiger charge is 2.19. The molecule has 0 atom stereocenters. The van der Waals surface area contributed by atoms with Crippen LogP contribution in [0.2, 0.25) is 0 Å².